The van der Waals surface area contributed by atoms with E-state index in [1.165, 1.54) is 0 Å². The maximum Gasteiger partial charge on any atom is 0.229 e. The largest absolute Gasteiger partial charge is 0.367 e. The Kier molecular flexibility index (Phi) is 5.04. The molecule has 5 nitrogen and oxygen atoms in total. The van der Waals surface area contributed by atoms with Crippen molar-refractivity contribution in [1.82, 2.24) is 14.9 Å². The van der Waals surface area contributed by atoms with Crippen molar-refractivity contribution in [2.75, 3.05) is 31.1 Å². The Morgan fingerprint density at radius 3 is 2.57 bits per heavy atom. The van der Waals surface area contributed by atoms with Crippen LogP contribution >= 0.6 is 34.5 Å². The van der Waals surface area contributed by atoms with Crippen molar-refractivity contribution in [3.8, 4) is 0 Å². The Balaban J connectivity index is 1.57. The molecule has 0 saturated carbocycles. The Morgan fingerprint density at radius 1 is 1.22 bits per heavy atom. The number of anilines is 1. The van der Waals surface area contributed by atoms with Crippen LogP contribution in [-0.4, -0.2) is 47.0 Å². The molecular weight excluding hydrogens is 355 g/mol. The SMILES string of the molecule is Cc1cnc(CC(=O)N2CCN(c3cnc(Cl)c(Cl)c3)CC2)s1. The average Bonchev–Trinajstić information content (AvgIpc) is 2.95. The minimum absolute atomic E-state index is 0.131. The number of aromatic nitrogens is 2. The number of pyridine rings is 1. The summed E-state index contributed by atoms with van der Waals surface area (Å²) < 4.78 is 0. The zero-order valence-corrected chi connectivity index (χ0v) is 15.0. The molecule has 0 radical (unpaired) electrons. The predicted molar refractivity (Wildman–Crippen MR) is 93.6 cm³/mol. The normalized spacial score (nSPS) is 15.1. The van der Waals surface area contributed by atoms with Crippen LogP contribution in [0.4, 0.5) is 5.69 Å². The summed E-state index contributed by atoms with van der Waals surface area (Å²) in [5.74, 6) is 0.131. The summed E-state index contributed by atoms with van der Waals surface area (Å²) in [5, 5.41) is 1.63. The molecule has 1 aliphatic rings. The van der Waals surface area contributed by atoms with Gasteiger partial charge in [-0.05, 0) is 13.0 Å². The third-order valence-corrected chi connectivity index (χ3v) is 5.35. The quantitative estimate of drug-likeness (QED) is 0.779. The van der Waals surface area contributed by atoms with E-state index in [1.54, 1.807) is 17.5 Å². The van der Waals surface area contributed by atoms with E-state index in [4.69, 9.17) is 23.2 Å². The van der Waals surface area contributed by atoms with Gasteiger partial charge in [0, 0.05) is 37.3 Å². The first-order valence-corrected chi connectivity index (χ1v) is 8.85. The summed E-state index contributed by atoms with van der Waals surface area (Å²) in [6.45, 7) is 4.87. The number of carbonyl (C=O) groups excluding carboxylic acids is 1. The first kappa shape index (κ1) is 16.5. The van der Waals surface area contributed by atoms with Crippen molar-refractivity contribution in [2.24, 2.45) is 0 Å². The molecule has 122 valence electrons. The highest BCUT2D eigenvalue weighted by Crippen LogP contribution is 2.25. The third kappa shape index (κ3) is 3.94. The van der Waals surface area contributed by atoms with Gasteiger partial charge in [-0.3, -0.25) is 4.79 Å². The van der Waals surface area contributed by atoms with Gasteiger partial charge in [-0.1, -0.05) is 23.2 Å². The molecule has 3 heterocycles. The molecule has 1 amide bonds. The Hall–Kier alpha value is -1.37. The van der Waals surface area contributed by atoms with Crippen LogP contribution in [0, 0.1) is 6.92 Å². The van der Waals surface area contributed by atoms with Gasteiger partial charge in [0.1, 0.15) is 10.2 Å². The van der Waals surface area contributed by atoms with Gasteiger partial charge >= 0.3 is 0 Å². The average molecular weight is 371 g/mol. The fourth-order valence-corrected chi connectivity index (χ4v) is 3.56. The monoisotopic (exact) mass is 370 g/mol. The van der Waals surface area contributed by atoms with Crippen molar-refractivity contribution in [1.29, 1.82) is 0 Å². The van der Waals surface area contributed by atoms with E-state index in [2.05, 4.69) is 14.9 Å². The molecule has 0 spiro atoms. The number of nitrogens with zero attached hydrogens (tertiary/aromatic N) is 4. The van der Waals surface area contributed by atoms with Crippen LogP contribution in [0.15, 0.2) is 18.5 Å². The number of amides is 1. The number of aryl methyl sites for hydroxylation is 1. The molecule has 8 heteroatoms. The van der Waals surface area contributed by atoms with Crippen LogP contribution in [0.5, 0.6) is 0 Å². The van der Waals surface area contributed by atoms with E-state index in [-0.39, 0.29) is 5.91 Å². The van der Waals surface area contributed by atoms with Crippen LogP contribution < -0.4 is 4.90 Å². The lowest BCUT2D eigenvalue weighted by atomic mass is 10.2. The number of rotatable bonds is 3. The standard InChI is InChI=1S/C15H16Cl2N4OS/c1-10-8-18-13(23-10)7-14(22)21-4-2-20(3-5-21)11-6-12(16)15(17)19-9-11/h6,8-9H,2-5,7H2,1H3. The molecular formula is C15H16Cl2N4OS. The molecule has 1 saturated heterocycles. The van der Waals surface area contributed by atoms with Crippen molar-refractivity contribution in [2.45, 2.75) is 13.3 Å². The second kappa shape index (κ2) is 7.03. The maximum absolute atomic E-state index is 12.3. The summed E-state index contributed by atoms with van der Waals surface area (Å²) in [5.41, 5.74) is 0.932. The fourth-order valence-electron chi connectivity index (χ4n) is 2.52. The summed E-state index contributed by atoms with van der Waals surface area (Å²) in [6, 6.07) is 1.81. The zero-order chi connectivity index (χ0) is 16.4. The predicted octanol–water partition coefficient (Wildman–Crippen LogP) is 3.04. The molecule has 0 atom stereocenters. The second-order valence-electron chi connectivity index (χ2n) is 5.38. The Bertz CT molecular complexity index is 713. The fraction of sp³-hybridized carbons (Fsp3) is 0.400. The first-order chi connectivity index (χ1) is 11.0. The molecule has 2 aromatic rings. The van der Waals surface area contributed by atoms with Crippen LogP contribution in [-0.2, 0) is 11.2 Å². The maximum atomic E-state index is 12.3. The van der Waals surface area contributed by atoms with Gasteiger partial charge in [0.25, 0.3) is 0 Å². The minimum Gasteiger partial charge on any atom is -0.367 e. The van der Waals surface area contributed by atoms with Crippen LogP contribution in [0.1, 0.15) is 9.88 Å². The van der Waals surface area contributed by atoms with Crippen LogP contribution in [0.2, 0.25) is 10.2 Å². The van der Waals surface area contributed by atoms with E-state index < -0.39 is 0 Å². The van der Waals surface area contributed by atoms with Crippen LogP contribution in [0.25, 0.3) is 0 Å². The van der Waals surface area contributed by atoms with Crippen molar-refractivity contribution in [3.63, 3.8) is 0 Å². The summed E-state index contributed by atoms with van der Waals surface area (Å²) >= 11 is 13.4. The van der Waals surface area contributed by atoms with Gasteiger partial charge in [0.2, 0.25) is 5.91 Å². The summed E-state index contributed by atoms with van der Waals surface area (Å²) in [7, 11) is 0. The number of halogens is 2. The highest BCUT2D eigenvalue weighted by molar-refractivity contribution is 7.11. The molecule has 0 bridgehead atoms. The lowest BCUT2D eigenvalue weighted by molar-refractivity contribution is -0.130. The molecule has 0 N–H and O–H groups in total. The molecule has 0 unspecified atom stereocenters. The molecule has 2 aromatic heterocycles. The molecule has 0 aromatic carbocycles. The number of piperazine rings is 1. The van der Waals surface area contributed by atoms with E-state index in [0.29, 0.717) is 29.7 Å². The third-order valence-electron chi connectivity index (χ3n) is 3.75. The molecule has 1 aliphatic heterocycles. The molecule has 1 fully saturated rings. The van der Waals surface area contributed by atoms with Gasteiger partial charge < -0.3 is 9.80 Å². The Labute approximate surface area is 148 Å². The number of thiazole rings is 1. The lowest BCUT2D eigenvalue weighted by Crippen LogP contribution is -2.49. The summed E-state index contributed by atoms with van der Waals surface area (Å²) in [4.78, 5) is 25.8. The number of hydrogen-bond donors (Lipinski definition) is 0. The van der Waals surface area contributed by atoms with Gasteiger partial charge in [0.05, 0.1) is 23.3 Å². The van der Waals surface area contributed by atoms with E-state index >= 15 is 0 Å². The van der Waals surface area contributed by atoms with Gasteiger partial charge in [0.15, 0.2) is 0 Å². The first-order valence-electron chi connectivity index (χ1n) is 7.28. The van der Waals surface area contributed by atoms with Gasteiger partial charge in [-0.15, -0.1) is 11.3 Å². The van der Waals surface area contributed by atoms with E-state index in [9.17, 15) is 4.79 Å². The topological polar surface area (TPSA) is 49.3 Å². The zero-order valence-electron chi connectivity index (χ0n) is 12.6. The smallest absolute Gasteiger partial charge is 0.229 e. The molecule has 0 aliphatic carbocycles. The van der Waals surface area contributed by atoms with Crippen LogP contribution in [0.3, 0.4) is 0 Å². The number of hydrogen-bond acceptors (Lipinski definition) is 5. The minimum atomic E-state index is 0.131. The van der Waals surface area contributed by atoms with E-state index in [0.717, 1.165) is 28.7 Å². The highest BCUT2D eigenvalue weighted by atomic mass is 35.5. The number of carbonyl (C=O) groups is 1. The van der Waals surface area contributed by atoms with E-state index in [1.807, 2.05) is 24.1 Å². The summed E-state index contributed by atoms with van der Waals surface area (Å²) in [6.07, 6.45) is 3.90. The highest BCUT2D eigenvalue weighted by Gasteiger charge is 2.22. The second-order valence-corrected chi connectivity index (χ2v) is 7.46. The van der Waals surface area contributed by atoms with Gasteiger partial charge in [-0.2, -0.15) is 0 Å². The van der Waals surface area contributed by atoms with Crippen molar-refractivity contribution < 1.29 is 4.79 Å². The lowest BCUT2D eigenvalue weighted by Gasteiger charge is -2.36. The van der Waals surface area contributed by atoms with Gasteiger partial charge in [-0.25, -0.2) is 9.97 Å². The van der Waals surface area contributed by atoms with Crippen molar-refractivity contribution in [3.05, 3.63) is 38.5 Å². The molecule has 3 rings (SSSR count). The Morgan fingerprint density at radius 2 is 1.96 bits per heavy atom. The molecule has 23 heavy (non-hydrogen) atoms. The van der Waals surface area contributed by atoms with Crippen molar-refractivity contribution >= 4 is 46.1 Å².